The predicted molar refractivity (Wildman–Crippen MR) is 210 cm³/mol. The first-order valence-electron chi connectivity index (χ1n) is 21.9. The Kier molecular flexibility index (Phi) is 20.8. The maximum Gasteiger partial charge on any atom is 0.470 e. The molecule has 34 nitrogen and oxygen atoms in total. The van der Waals surface area contributed by atoms with Crippen molar-refractivity contribution >= 4 is 7.82 Å². The van der Waals surface area contributed by atoms with E-state index in [1.807, 2.05) is 0 Å². The molecule has 416 valence electrons. The van der Waals surface area contributed by atoms with Crippen LogP contribution in [0.15, 0.2) is 0 Å². The second-order valence-corrected chi connectivity index (χ2v) is 18.5. The molecule has 6 aliphatic heterocycles. The van der Waals surface area contributed by atoms with Crippen molar-refractivity contribution in [2.75, 3.05) is 39.6 Å². The van der Waals surface area contributed by atoms with Gasteiger partial charge in [0.25, 0.3) is 0 Å². The lowest BCUT2D eigenvalue weighted by atomic mass is 9.95. The molecule has 6 heterocycles. The predicted octanol–water partition coefficient (Wildman–Crippen LogP) is -14.0. The van der Waals surface area contributed by atoms with Crippen LogP contribution in [-0.4, -0.2) is 331 Å². The van der Waals surface area contributed by atoms with E-state index in [2.05, 4.69) is 0 Å². The maximum absolute atomic E-state index is 12.2. The van der Waals surface area contributed by atoms with Crippen molar-refractivity contribution in [2.45, 2.75) is 184 Å². The molecule has 71 heavy (non-hydrogen) atoms. The Balaban J connectivity index is 1.13. The number of phosphoric ester groups is 1. The lowest BCUT2D eigenvalue weighted by Gasteiger charge is -2.50. The molecule has 0 saturated carbocycles. The summed E-state index contributed by atoms with van der Waals surface area (Å²) in [5.74, 6) is 0. The molecule has 21 N–H and O–H groups in total. The van der Waals surface area contributed by atoms with Gasteiger partial charge in [0.2, 0.25) is 0 Å². The fourth-order valence-corrected chi connectivity index (χ4v) is 9.32. The summed E-state index contributed by atoms with van der Waals surface area (Å²) in [6.45, 7) is -6.13. The summed E-state index contributed by atoms with van der Waals surface area (Å²) in [6.07, 6.45) is -59.8. The van der Waals surface area contributed by atoms with Crippen molar-refractivity contribution in [3.05, 3.63) is 0 Å². The molecule has 0 aliphatic carbocycles. The number of aliphatic hydroxyl groups excluding tert-OH is 19. The van der Waals surface area contributed by atoms with Crippen molar-refractivity contribution in [2.24, 2.45) is 0 Å². The van der Waals surface area contributed by atoms with Crippen LogP contribution < -0.4 is 0 Å². The first kappa shape index (κ1) is 59.2. The molecule has 6 saturated heterocycles. The molecule has 6 fully saturated rings. The van der Waals surface area contributed by atoms with Crippen LogP contribution in [0.1, 0.15) is 0 Å². The third-order valence-corrected chi connectivity index (χ3v) is 13.2. The summed E-state index contributed by atoms with van der Waals surface area (Å²) in [4.78, 5) is 19.6. The molecule has 30 atom stereocenters. The minimum atomic E-state index is -5.70. The van der Waals surface area contributed by atoms with Gasteiger partial charge in [-0.2, -0.15) is 0 Å². The highest BCUT2D eigenvalue weighted by molar-refractivity contribution is 7.46. The Bertz CT molecular complexity index is 1680. The van der Waals surface area contributed by atoms with Gasteiger partial charge in [-0.3, -0.25) is 4.52 Å². The van der Waals surface area contributed by atoms with Crippen LogP contribution in [0.2, 0.25) is 0 Å². The summed E-state index contributed by atoms with van der Waals surface area (Å²) in [7, 11) is -5.70. The fraction of sp³-hybridized carbons (Fsp3) is 1.00. The van der Waals surface area contributed by atoms with Crippen molar-refractivity contribution in [3.63, 3.8) is 0 Å². The van der Waals surface area contributed by atoms with E-state index in [1.54, 1.807) is 0 Å². The summed E-state index contributed by atoms with van der Waals surface area (Å²) in [6, 6.07) is 0. The van der Waals surface area contributed by atoms with Crippen LogP contribution in [0.4, 0.5) is 0 Å². The first-order valence-corrected chi connectivity index (χ1v) is 23.4. The van der Waals surface area contributed by atoms with Crippen LogP contribution in [-0.2, 0) is 61.2 Å². The van der Waals surface area contributed by atoms with Crippen molar-refractivity contribution in [3.8, 4) is 0 Å². The van der Waals surface area contributed by atoms with Crippen LogP contribution in [0.5, 0.6) is 0 Å². The Morgan fingerprint density at radius 1 is 0.296 bits per heavy atom. The van der Waals surface area contributed by atoms with Gasteiger partial charge in [-0.25, -0.2) is 4.57 Å². The smallest absolute Gasteiger partial charge is 0.394 e. The number of aliphatic hydroxyl groups is 19. The van der Waals surface area contributed by atoms with Gasteiger partial charge in [-0.1, -0.05) is 0 Å². The molecule has 0 bridgehead atoms. The molecule has 6 aliphatic rings. The van der Waals surface area contributed by atoms with Gasteiger partial charge in [0.1, 0.15) is 146 Å². The molecule has 0 amide bonds. The van der Waals surface area contributed by atoms with Gasteiger partial charge < -0.3 is 159 Å². The standard InChI is InChI=1S/C36H63O34P/c37-1-7-13(43)14(44)20(50)32(60-7)66-26-9(3-39)61-34(21(51)16(26)46)67-27-10(4-40)62-35(22(52)17(27)47)68-29-12(6-42)64-36(30(24(29)54)70-71(56,57)58)69-28-11(5-41)63-33(23(53)18(28)48)65-25-8(2-38)59-31(55)19(49)15(25)45/h7-55H,1-6H2,(H2,56,57,58)/t7-,8-,9-,10-,11-,12-,13-,14+,15-,16-,17-,18-,19-,20-,21-,22-,23-,24+,25-,26-,27-,28-,29-,30-,31+,32-,33-,34-,35-,36-/m1/s1. The Labute approximate surface area is 399 Å². The maximum atomic E-state index is 12.2. The van der Waals surface area contributed by atoms with E-state index in [1.165, 1.54) is 0 Å². The summed E-state index contributed by atoms with van der Waals surface area (Å²) in [5.41, 5.74) is 0. The number of rotatable bonds is 18. The second kappa shape index (κ2) is 24.9. The molecular formula is C36H63O34P. The summed E-state index contributed by atoms with van der Waals surface area (Å²) < 4.78 is 77.4. The average Bonchev–Trinajstić information content (AvgIpc) is 3.34. The molecule has 0 unspecified atom stereocenters. The topological polar surface area (TPSA) is 553 Å². The quantitative estimate of drug-likeness (QED) is 0.0567. The average molecular weight is 1070 g/mol. The lowest BCUT2D eigenvalue weighted by molar-refractivity contribution is -0.395. The third kappa shape index (κ3) is 12.7. The molecular weight excluding hydrogens is 1010 g/mol. The Morgan fingerprint density at radius 3 is 0.901 bits per heavy atom. The normalized spacial score (nSPS) is 51.3. The highest BCUT2D eigenvalue weighted by atomic mass is 31.2. The van der Waals surface area contributed by atoms with E-state index in [0.717, 1.165) is 0 Å². The SMILES string of the molecule is O=P(O)(O)O[C@H]1[C@@H](O[C@H]2[C@H](O)[C@@H](O)[C@@H](O[C@H]3[C@H](O)[C@@H](O)[C@@H](O)O[C@@H]3CO)O[C@@H]2CO)O[C@H](CO)[C@@H](O[C@H]2O[C@H](CO)[C@@H](O[C@H]3O[C@H](CO)[C@@H](O[C@H]4O[C@H](CO)[C@@H](O)[C@H](O)[C@H]4O)[C@H](O)[C@H]3O)[C@H](O)[C@H]2O)[C@@H]1O. The number of hydrogen-bond acceptors (Lipinski definition) is 32. The molecule has 6 rings (SSSR count). The minimum absolute atomic E-state index is 0.854. The van der Waals surface area contributed by atoms with Gasteiger partial charge in [0, 0.05) is 0 Å². The van der Waals surface area contributed by atoms with Gasteiger partial charge in [0.15, 0.2) is 37.7 Å². The molecule has 35 heteroatoms. The van der Waals surface area contributed by atoms with E-state index < -0.39 is 232 Å². The highest BCUT2D eigenvalue weighted by Crippen LogP contribution is 2.44. The van der Waals surface area contributed by atoms with Crippen molar-refractivity contribution in [1.29, 1.82) is 0 Å². The van der Waals surface area contributed by atoms with E-state index >= 15 is 0 Å². The van der Waals surface area contributed by atoms with E-state index in [0.29, 0.717) is 0 Å². The number of ether oxygens (including phenoxy) is 11. The summed E-state index contributed by atoms with van der Waals surface area (Å²) in [5, 5.41) is 199. The van der Waals surface area contributed by atoms with Crippen molar-refractivity contribution < 1.29 is 168 Å². The third-order valence-electron chi connectivity index (χ3n) is 12.7. The summed E-state index contributed by atoms with van der Waals surface area (Å²) >= 11 is 0. The number of phosphoric acid groups is 1. The second-order valence-electron chi connectivity index (χ2n) is 17.3. The zero-order valence-electron chi connectivity index (χ0n) is 36.7. The van der Waals surface area contributed by atoms with Crippen LogP contribution in [0.25, 0.3) is 0 Å². The van der Waals surface area contributed by atoms with Gasteiger partial charge >= 0.3 is 7.82 Å². The first-order chi connectivity index (χ1) is 33.4. The molecule has 0 aromatic heterocycles. The molecule has 0 radical (unpaired) electrons. The minimum Gasteiger partial charge on any atom is -0.394 e. The zero-order valence-corrected chi connectivity index (χ0v) is 37.6. The zero-order chi connectivity index (χ0) is 52.5. The van der Waals surface area contributed by atoms with Crippen LogP contribution in [0, 0.1) is 0 Å². The van der Waals surface area contributed by atoms with E-state index in [4.69, 9.17) is 56.6 Å². The molecule has 0 aromatic rings. The Morgan fingerprint density at radius 2 is 0.563 bits per heavy atom. The fourth-order valence-electron chi connectivity index (χ4n) is 8.78. The van der Waals surface area contributed by atoms with Crippen LogP contribution >= 0.6 is 7.82 Å². The highest BCUT2D eigenvalue weighted by Gasteiger charge is 2.58. The lowest BCUT2D eigenvalue weighted by Crippen LogP contribution is -2.68. The monoisotopic (exact) mass is 1070 g/mol. The van der Waals surface area contributed by atoms with E-state index in [-0.39, 0.29) is 0 Å². The molecule has 0 aromatic carbocycles. The van der Waals surface area contributed by atoms with Gasteiger partial charge in [-0.15, -0.1) is 0 Å². The van der Waals surface area contributed by atoms with Crippen molar-refractivity contribution in [1.82, 2.24) is 0 Å². The van der Waals surface area contributed by atoms with Gasteiger partial charge in [-0.05, 0) is 0 Å². The number of hydrogen-bond donors (Lipinski definition) is 21. The largest absolute Gasteiger partial charge is 0.470 e. The van der Waals surface area contributed by atoms with E-state index in [9.17, 15) is 111 Å². The van der Waals surface area contributed by atoms with Gasteiger partial charge in [0.05, 0.1) is 39.6 Å². The van der Waals surface area contributed by atoms with Crippen LogP contribution in [0.3, 0.4) is 0 Å². The Hall–Kier alpha value is -1.09. The molecule has 0 spiro atoms.